The van der Waals surface area contributed by atoms with Gasteiger partial charge in [-0.15, -0.1) is 0 Å². The molecule has 2 amide bonds. The maximum absolute atomic E-state index is 13.0. The monoisotopic (exact) mass is 474 g/mol. The Balaban J connectivity index is 1.25. The van der Waals surface area contributed by atoms with Crippen LogP contribution in [0.15, 0.2) is 53.4 Å². The Kier molecular flexibility index (Phi) is 6.94. The van der Waals surface area contributed by atoms with Crippen molar-refractivity contribution in [2.24, 2.45) is 0 Å². The number of nitrogens with one attached hydrogen (secondary N) is 2. The molecule has 1 saturated heterocycles. The third-order valence-corrected chi connectivity index (χ3v) is 7.12. The highest BCUT2D eigenvalue weighted by Gasteiger charge is 2.26. The number of carbonyl (C=O) groups is 2. The molecule has 0 bridgehead atoms. The van der Waals surface area contributed by atoms with Gasteiger partial charge in [-0.25, -0.2) is 12.8 Å². The first-order valence-electron chi connectivity index (χ1n) is 11.0. The minimum Gasteiger partial charge on any atom is -0.352 e. The highest BCUT2D eigenvalue weighted by molar-refractivity contribution is 7.92. The van der Waals surface area contributed by atoms with Crippen LogP contribution in [0.5, 0.6) is 0 Å². The summed E-state index contributed by atoms with van der Waals surface area (Å²) in [5.41, 5.74) is 1.13. The number of anilines is 1. The van der Waals surface area contributed by atoms with Crippen LogP contribution in [0.4, 0.5) is 10.1 Å². The van der Waals surface area contributed by atoms with Crippen LogP contribution in [0, 0.1) is 5.82 Å². The van der Waals surface area contributed by atoms with E-state index in [2.05, 4.69) is 14.9 Å². The van der Waals surface area contributed by atoms with Crippen molar-refractivity contribution in [2.45, 2.75) is 30.2 Å². The highest BCUT2D eigenvalue weighted by atomic mass is 32.2. The fourth-order valence-corrected chi connectivity index (χ4v) is 4.72. The van der Waals surface area contributed by atoms with E-state index >= 15 is 0 Å². The molecule has 33 heavy (non-hydrogen) atoms. The molecule has 1 aliphatic heterocycles. The molecule has 1 saturated carbocycles. The van der Waals surface area contributed by atoms with Crippen LogP contribution in [0.2, 0.25) is 0 Å². The third kappa shape index (κ3) is 6.52. The lowest BCUT2D eigenvalue weighted by atomic mass is 10.1. The minimum absolute atomic E-state index is 0.00303. The van der Waals surface area contributed by atoms with E-state index in [-0.39, 0.29) is 23.1 Å². The molecule has 0 radical (unpaired) electrons. The summed E-state index contributed by atoms with van der Waals surface area (Å²) >= 11 is 0. The van der Waals surface area contributed by atoms with E-state index in [1.807, 2.05) is 0 Å². The normalized spacial score (nSPS) is 16.9. The number of amides is 2. The molecule has 0 aromatic heterocycles. The number of benzene rings is 2. The maximum Gasteiger partial charge on any atom is 0.261 e. The minimum atomic E-state index is -3.83. The standard InChI is InChI=1S/C23H27FN4O4S/c24-18-3-9-21(10-4-18)33(31,32)26-20-5-1-17(2-6-20)15-23(30)28-13-11-27(12-14-28)16-22(29)25-19-7-8-19/h1-6,9-10,19,26H,7-8,11-16H2,(H,25,29). The summed E-state index contributed by atoms with van der Waals surface area (Å²) in [6, 6.07) is 11.5. The van der Waals surface area contributed by atoms with E-state index in [0.29, 0.717) is 44.5 Å². The Morgan fingerprint density at radius 1 is 0.939 bits per heavy atom. The Morgan fingerprint density at radius 2 is 1.58 bits per heavy atom. The van der Waals surface area contributed by atoms with Gasteiger partial charge in [-0.2, -0.15) is 0 Å². The summed E-state index contributed by atoms with van der Waals surface area (Å²) in [6.45, 7) is 2.84. The molecule has 2 N–H and O–H groups in total. The van der Waals surface area contributed by atoms with Crippen LogP contribution in [0.25, 0.3) is 0 Å². The number of piperazine rings is 1. The average molecular weight is 475 g/mol. The average Bonchev–Trinajstić information content (AvgIpc) is 3.59. The molecule has 0 spiro atoms. The van der Waals surface area contributed by atoms with Gasteiger partial charge in [0, 0.05) is 37.9 Å². The molecule has 2 fully saturated rings. The van der Waals surface area contributed by atoms with Crippen molar-refractivity contribution in [1.29, 1.82) is 0 Å². The zero-order valence-corrected chi connectivity index (χ0v) is 19.0. The number of carbonyl (C=O) groups excluding carboxylic acids is 2. The number of hydrogen-bond donors (Lipinski definition) is 2. The van der Waals surface area contributed by atoms with Crippen molar-refractivity contribution in [3.8, 4) is 0 Å². The summed E-state index contributed by atoms with van der Waals surface area (Å²) in [7, 11) is -3.83. The van der Waals surface area contributed by atoms with E-state index < -0.39 is 15.8 Å². The van der Waals surface area contributed by atoms with Gasteiger partial charge in [-0.05, 0) is 54.8 Å². The second-order valence-electron chi connectivity index (χ2n) is 8.43. The number of rotatable bonds is 8. The van der Waals surface area contributed by atoms with Gasteiger partial charge in [0.2, 0.25) is 11.8 Å². The second kappa shape index (κ2) is 9.88. The topological polar surface area (TPSA) is 98.8 Å². The second-order valence-corrected chi connectivity index (χ2v) is 10.1. The molecule has 2 aromatic carbocycles. The number of nitrogens with zero attached hydrogens (tertiary/aromatic N) is 2. The van der Waals surface area contributed by atoms with Gasteiger partial charge in [0.15, 0.2) is 0 Å². The van der Waals surface area contributed by atoms with Crippen molar-refractivity contribution < 1.29 is 22.4 Å². The molecule has 8 nitrogen and oxygen atoms in total. The SMILES string of the molecule is O=C(CN1CCN(C(=O)Cc2ccc(NS(=O)(=O)c3ccc(F)cc3)cc2)CC1)NC1CC1. The Labute approximate surface area is 192 Å². The molecule has 1 heterocycles. The lowest BCUT2D eigenvalue weighted by Gasteiger charge is -2.34. The number of sulfonamides is 1. The van der Waals surface area contributed by atoms with Crippen LogP contribution in [-0.2, 0) is 26.0 Å². The molecular formula is C23H27FN4O4S. The summed E-state index contributed by atoms with van der Waals surface area (Å²) in [6.07, 6.45) is 2.34. The molecule has 1 aliphatic carbocycles. The lowest BCUT2D eigenvalue weighted by Crippen LogP contribution is -2.51. The molecule has 4 rings (SSSR count). The fourth-order valence-electron chi connectivity index (χ4n) is 3.66. The van der Waals surface area contributed by atoms with E-state index in [1.54, 1.807) is 29.2 Å². The zero-order chi connectivity index (χ0) is 23.4. The maximum atomic E-state index is 13.0. The first kappa shape index (κ1) is 23.2. The van der Waals surface area contributed by atoms with Gasteiger partial charge in [0.1, 0.15) is 5.82 Å². The molecule has 0 atom stereocenters. The van der Waals surface area contributed by atoms with Crippen molar-refractivity contribution >= 4 is 27.5 Å². The van der Waals surface area contributed by atoms with Gasteiger partial charge in [-0.3, -0.25) is 19.2 Å². The number of hydrogen-bond acceptors (Lipinski definition) is 5. The van der Waals surface area contributed by atoms with Gasteiger partial charge >= 0.3 is 0 Å². The van der Waals surface area contributed by atoms with Crippen LogP contribution in [0.1, 0.15) is 18.4 Å². The molecule has 176 valence electrons. The van der Waals surface area contributed by atoms with Crippen molar-refractivity contribution in [3.63, 3.8) is 0 Å². The van der Waals surface area contributed by atoms with Crippen LogP contribution >= 0.6 is 0 Å². The van der Waals surface area contributed by atoms with Gasteiger partial charge in [0.25, 0.3) is 10.0 Å². The summed E-state index contributed by atoms with van der Waals surface area (Å²) in [5, 5.41) is 2.98. The molecule has 2 aromatic rings. The Bertz CT molecular complexity index is 1090. The van der Waals surface area contributed by atoms with Gasteiger partial charge < -0.3 is 10.2 Å². The molecular weight excluding hydrogens is 447 g/mol. The van der Waals surface area contributed by atoms with E-state index in [4.69, 9.17) is 0 Å². The van der Waals surface area contributed by atoms with Gasteiger partial charge in [-0.1, -0.05) is 12.1 Å². The molecule has 0 unspecified atom stereocenters. The highest BCUT2D eigenvalue weighted by Crippen LogP contribution is 2.19. The zero-order valence-electron chi connectivity index (χ0n) is 18.2. The van der Waals surface area contributed by atoms with Crippen LogP contribution in [0.3, 0.4) is 0 Å². The quantitative estimate of drug-likeness (QED) is 0.606. The van der Waals surface area contributed by atoms with Crippen LogP contribution < -0.4 is 10.0 Å². The van der Waals surface area contributed by atoms with Crippen molar-refractivity contribution in [3.05, 3.63) is 59.9 Å². The molecule has 2 aliphatic rings. The smallest absolute Gasteiger partial charge is 0.261 e. The summed E-state index contributed by atoms with van der Waals surface area (Å²) in [4.78, 5) is 28.4. The molecule has 10 heteroatoms. The number of halogens is 1. The van der Waals surface area contributed by atoms with Gasteiger partial charge in [0.05, 0.1) is 17.9 Å². The summed E-state index contributed by atoms with van der Waals surface area (Å²) in [5.74, 6) is -0.465. The largest absolute Gasteiger partial charge is 0.352 e. The van der Waals surface area contributed by atoms with E-state index in [0.717, 1.165) is 30.5 Å². The first-order chi connectivity index (χ1) is 15.8. The first-order valence-corrected chi connectivity index (χ1v) is 12.4. The summed E-state index contributed by atoms with van der Waals surface area (Å²) < 4.78 is 40.3. The predicted octanol–water partition coefficient (Wildman–Crippen LogP) is 1.59. The third-order valence-electron chi connectivity index (χ3n) is 5.72. The lowest BCUT2D eigenvalue weighted by molar-refractivity contribution is -0.132. The van der Waals surface area contributed by atoms with Crippen molar-refractivity contribution in [1.82, 2.24) is 15.1 Å². The Morgan fingerprint density at radius 3 is 2.18 bits per heavy atom. The predicted molar refractivity (Wildman–Crippen MR) is 122 cm³/mol. The van der Waals surface area contributed by atoms with Crippen LogP contribution in [-0.4, -0.2) is 68.8 Å². The Hall–Kier alpha value is -2.98. The fraction of sp³-hybridized carbons (Fsp3) is 0.391. The van der Waals surface area contributed by atoms with Crippen molar-refractivity contribution in [2.75, 3.05) is 37.4 Å². The van der Waals surface area contributed by atoms with E-state index in [1.165, 1.54) is 12.1 Å². The van der Waals surface area contributed by atoms with E-state index in [9.17, 15) is 22.4 Å².